The number of carbonyl (C=O) groups excluding carboxylic acids is 1. The predicted octanol–water partition coefficient (Wildman–Crippen LogP) is 4.94. The molecule has 0 saturated heterocycles. The summed E-state index contributed by atoms with van der Waals surface area (Å²) in [6.07, 6.45) is 0. The molecule has 0 aliphatic carbocycles. The molecule has 0 bridgehead atoms. The van der Waals surface area contributed by atoms with E-state index in [1.54, 1.807) is 18.2 Å². The van der Waals surface area contributed by atoms with E-state index in [1.807, 2.05) is 26.8 Å². The van der Waals surface area contributed by atoms with Crippen LogP contribution in [0.3, 0.4) is 0 Å². The van der Waals surface area contributed by atoms with Gasteiger partial charge >= 0.3 is 0 Å². The lowest BCUT2D eigenvalue weighted by molar-refractivity contribution is -0.118. The second-order valence-electron chi connectivity index (χ2n) is 5.17. The van der Waals surface area contributed by atoms with Gasteiger partial charge in [-0.15, -0.1) is 0 Å². The molecule has 1 amide bonds. The Hall–Kier alpha value is -1.71. The van der Waals surface area contributed by atoms with Crippen LogP contribution in [0, 0.1) is 20.8 Å². The summed E-state index contributed by atoms with van der Waals surface area (Å²) in [5.41, 5.74) is 3.86. The zero-order chi connectivity index (χ0) is 16.3. The molecule has 5 heteroatoms. The van der Waals surface area contributed by atoms with Gasteiger partial charge < -0.3 is 10.1 Å². The first-order valence-corrected chi connectivity index (χ1v) is 7.58. The Morgan fingerprint density at radius 1 is 1.09 bits per heavy atom. The van der Waals surface area contributed by atoms with Crippen LogP contribution < -0.4 is 10.1 Å². The van der Waals surface area contributed by atoms with Crippen LogP contribution >= 0.6 is 23.2 Å². The van der Waals surface area contributed by atoms with Crippen molar-refractivity contribution in [3.05, 3.63) is 57.1 Å². The number of nitrogens with one attached hydrogen (secondary N) is 1. The third-order valence-electron chi connectivity index (χ3n) is 3.33. The Labute approximate surface area is 140 Å². The number of halogens is 2. The molecule has 0 unspecified atom stereocenters. The minimum Gasteiger partial charge on any atom is -0.483 e. The van der Waals surface area contributed by atoms with Crippen LogP contribution in [0.2, 0.25) is 10.0 Å². The number of carbonyl (C=O) groups is 1. The average molecular weight is 338 g/mol. The fourth-order valence-corrected chi connectivity index (χ4v) is 2.36. The number of hydrogen-bond acceptors (Lipinski definition) is 2. The minimum absolute atomic E-state index is 0.0655. The SMILES string of the molecule is Cc1cc(C)c(C)c(OCC(=O)Nc2ccc(Cl)c(Cl)c2)c1. The van der Waals surface area contributed by atoms with E-state index in [9.17, 15) is 4.79 Å². The number of aryl methyl sites for hydroxylation is 2. The summed E-state index contributed by atoms with van der Waals surface area (Å²) in [7, 11) is 0. The molecule has 1 N–H and O–H groups in total. The monoisotopic (exact) mass is 337 g/mol. The van der Waals surface area contributed by atoms with Gasteiger partial charge in [-0.1, -0.05) is 29.3 Å². The Balaban J connectivity index is 2.00. The summed E-state index contributed by atoms with van der Waals surface area (Å²) < 4.78 is 5.62. The third kappa shape index (κ3) is 4.15. The molecule has 0 saturated carbocycles. The molecule has 116 valence electrons. The van der Waals surface area contributed by atoms with Crippen LogP contribution in [0.15, 0.2) is 30.3 Å². The molecule has 0 aliphatic rings. The van der Waals surface area contributed by atoms with Gasteiger partial charge in [0.2, 0.25) is 0 Å². The van der Waals surface area contributed by atoms with E-state index >= 15 is 0 Å². The van der Waals surface area contributed by atoms with Gasteiger partial charge in [0.15, 0.2) is 6.61 Å². The van der Waals surface area contributed by atoms with Gasteiger partial charge in [-0.3, -0.25) is 4.79 Å². The van der Waals surface area contributed by atoms with Crippen LogP contribution in [-0.2, 0) is 4.79 Å². The van der Waals surface area contributed by atoms with Crippen molar-refractivity contribution in [2.45, 2.75) is 20.8 Å². The standard InChI is InChI=1S/C17H17Cl2NO2/c1-10-6-11(2)12(3)16(7-10)22-9-17(21)20-13-4-5-14(18)15(19)8-13/h4-8H,9H2,1-3H3,(H,20,21). The van der Waals surface area contributed by atoms with Crippen LogP contribution in [0.4, 0.5) is 5.69 Å². The van der Waals surface area contributed by atoms with Crippen molar-refractivity contribution in [3.63, 3.8) is 0 Å². The van der Waals surface area contributed by atoms with E-state index in [4.69, 9.17) is 27.9 Å². The van der Waals surface area contributed by atoms with Gasteiger partial charge in [-0.25, -0.2) is 0 Å². The van der Waals surface area contributed by atoms with E-state index in [-0.39, 0.29) is 12.5 Å². The van der Waals surface area contributed by atoms with Crippen molar-refractivity contribution in [2.24, 2.45) is 0 Å². The van der Waals surface area contributed by atoms with Crippen molar-refractivity contribution in [3.8, 4) is 5.75 Å². The molecular weight excluding hydrogens is 321 g/mol. The highest BCUT2D eigenvalue weighted by atomic mass is 35.5. The van der Waals surface area contributed by atoms with E-state index in [1.165, 1.54) is 0 Å². The molecule has 2 aromatic rings. The zero-order valence-electron chi connectivity index (χ0n) is 12.7. The minimum atomic E-state index is -0.253. The molecule has 0 heterocycles. The van der Waals surface area contributed by atoms with Gasteiger partial charge in [0.05, 0.1) is 10.0 Å². The molecule has 0 aliphatic heterocycles. The maximum absolute atomic E-state index is 12.0. The molecule has 22 heavy (non-hydrogen) atoms. The van der Waals surface area contributed by atoms with E-state index in [2.05, 4.69) is 11.4 Å². The first kappa shape index (κ1) is 16.7. The summed E-state index contributed by atoms with van der Waals surface area (Å²) in [6, 6.07) is 8.93. The predicted molar refractivity (Wildman–Crippen MR) is 91.2 cm³/mol. The second-order valence-corrected chi connectivity index (χ2v) is 5.99. The molecular formula is C17H17Cl2NO2. The van der Waals surface area contributed by atoms with Gasteiger partial charge in [0, 0.05) is 5.69 Å². The fraction of sp³-hybridized carbons (Fsp3) is 0.235. The first-order chi connectivity index (χ1) is 10.4. The highest BCUT2D eigenvalue weighted by Gasteiger charge is 2.08. The van der Waals surface area contributed by atoms with Crippen LogP contribution in [0.25, 0.3) is 0 Å². The summed E-state index contributed by atoms with van der Waals surface area (Å²) in [5.74, 6) is 0.471. The lowest BCUT2D eigenvalue weighted by Crippen LogP contribution is -2.20. The molecule has 2 aromatic carbocycles. The summed E-state index contributed by atoms with van der Waals surface area (Å²) in [4.78, 5) is 12.0. The van der Waals surface area contributed by atoms with Gasteiger partial charge in [-0.2, -0.15) is 0 Å². The van der Waals surface area contributed by atoms with Gasteiger partial charge in [0.25, 0.3) is 5.91 Å². The zero-order valence-corrected chi connectivity index (χ0v) is 14.2. The Bertz CT molecular complexity index is 714. The molecule has 2 rings (SSSR count). The number of ether oxygens (including phenoxy) is 1. The van der Waals surface area contributed by atoms with E-state index in [0.29, 0.717) is 15.7 Å². The molecule has 0 fully saturated rings. The van der Waals surface area contributed by atoms with Crippen molar-refractivity contribution >= 4 is 34.8 Å². The Morgan fingerprint density at radius 3 is 2.50 bits per heavy atom. The summed E-state index contributed by atoms with van der Waals surface area (Å²) in [5, 5.41) is 3.56. The highest BCUT2D eigenvalue weighted by Crippen LogP contribution is 2.25. The lowest BCUT2D eigenvalue weighted by Gasteiger charge is -2.12. The van der Waals surface area contributed by atoms with Crippen molar-refractivity contribution in [2.75, 3.05) is 11.9 Å². The number of rotatable bonds is 4. The topological polar surface area (TPSA) is 38.3 Å². The molecule has 0 radical (unpaired) electrons. The molecule has 0 atom stereocenters. The number of hydrogen-bond donors (Lipinski definition) is 1. The smallest absolute Gasteiger partial charge is 0.262 e. The summed E-state index contributed by atoms with van der Waals surface area (Å²) >= 11 is 11.7. The molecule has 0 spiro atoms. The molecule has 0 aromatic heterocycles. The fourth-order valence-electron chi connectivity index (χ4n) is 2.06. The largest absolute Gasteiger partial charge is 0.483 e. The van der Waals surface area contributed by atoms with Crippen molar-refractivity contribution in [1.82, 2.24) is 0 Å². The highest BCUT2D eigenvalue weighted by molar-refractivity contribution is 6.42. The van der Waals surface area contributed by atoms with Gasteiger partial charge in [0.1, 0.15) is 5.75 Å². The maximum atomic E-state index is 12.0. The molecule has 3 nitrogen and oxygen atoms in total. The van der Waals surface area contributed by atoms with E-state index < -0.39 is 0 Å². The van der Waals surface area contributed by atoms with Crippen LogP contribution in [0.1, 0.15) is 16.7 Å². The third-order valence-corrected chi connectivity index (χ3v) is 4.07. The average Bonchev–Trinajstić information content (AvgIpc) is 2.45. The van der Waals surface area contributed by atoms with Crippen molar-refractivity contribution < 1.29 is 9.53 Å². The van der Waals surface area contributed by atoms with Crippen LogP contribution in [-0.4, -0.2) is 12.5 Å². The lowest BCUT2D eigenvalue weighted by atomic mass is 10.1. The normalized spacial score (nSPS) is 10.4. The Morgan fingerprint density at radius 2 is 1.82 bits per heavy atom. The number of amides is 1. The van der Waals surface area contributed by atoms with E-state index in [0.717, 1.165) is 22.4 Å². The van der Waals surface area contributed by atoms with Gasteiger partial charge in [-0.05, 0) is 61.7 Å². The van der Waals surface area contributed by atoms with Crippen molar-refractivity contribution in [1.29, 1.82) is 0 Å². The summed E-state index contributed by atoms with van der Waals surface area (Å²) in [6.45, 7) is 5.92. The second kappa shape index (κ2) is 7.03. The maximum Gasteiger partial charge on any atom is 0.262 e. The first-order valence-electron chi connectivity index (χ1n) is 6.82. The number of benzene rings is 2. The Kier molecular flexibility index (Phi) is 5.33. The van der Waals surface area contributed by atoms with Crippen LogP contribution in [0.5, 0.6) is 5.75 Å². The number of anilines is 1. The quantitative estimate of drug-likeness (QED) is 0.858.